The van der Waals surface area contributed by atoms with Gasteiger partial charge in [-0.15, -0.1) is 0 Å². The Balaban J connectivity index is 1.60. The van der Waals surface area contributed by atoms with E-state index in [4.69, 9.17) is 14.5 Å². The fourth-order valence-electron chi connectivity index (χ4n) is 4.88. The molecule has 0 saturated carbocycles. The highest BCUT2D eigenvalue weighted by atomic mass is 32.2. The maximum atomic E-state index is 12.7. The first kappa shape index (κ1) is 25.9. The fraction of sp³-hybridized carbons (Fsp3) is 0.286. The lowest BCUT2D eigenvalue weighted by Gasteiger charge is -2.10. The highest BCUT2D eigenvalue weighted by molar-refractivity contribution is 7.90. The van der Waals surface area contributed by atoms with Crippen molar-refractivity contribution in [2.45, 2.75) is 20.0 Å². The van der Waals surface area contributed by atoms with E-state index in [1.165, 1.54) is 18.0 Å². The van der Waals surface area contributed by atoms with Crippen molar-refractivity contribution in [2.24, 2.45) is 0 Å². The zero-order chi connectivity index (χ0) is 26.9. The molecule has 0 saturated heterocycles. The van der Waals surface area contributed by atoms with Gasteiger partial charge in [-0.2, -0.15) is 0 Å². The molecule has 38 heavy (non-hydrogen) atoms. The summed E-state index contributed by atoms with van der Waals surface area (Å²) in [6, 6.07) is 19.7. The molecule has 9 nitrogen and oxygen atoms in total. The Hall–Kier alpha value is -3.73. The zero-order valence-corrected chi connectivity index (χ0v) is 22.4. The van der Waals surface area contributed by atoms with Crippen LogP contribution in [0.25, 0.3) is 44.2 Å². The van der Waals surface area contributed by atoms with Crippen LogP contribution >= 0.6 is 0 Å². The third kappa shape index (κ3) is 4.78. The normalized spacial score (nSPS) is 12.1. The van der Waals surface area contributed by atoms with Gasteiger partial charge in [-0.3, -0.25) is 4.79 Å². The van der Waals surface area contributed by atoms with Crippen molar-refractivity contribution in [1.29, 1.82) is 0 Å². The lowest BCUT2D eigenvalue weighted by molar-refractivity contribution is 0.0981. The first-order valence-corrected chi connectivity index (χ1v) is 14.1. The summed E-state index contributed by atoms with van der Waals surface area (Å²) in [4.78, 5) is 17.6. The van der Waals surface area contributed by atoms with Crippen LogP contribution in [0.15, 0.2) is 60.7 Å². The highest BCUT2D eigenvalue weighted by Gasteiger charge is 2.19. The Morgan fingerprint density at radius 2 is 1.63 bits per heavy atom. The second-order valence-corrected chi connectivity index (χ2v) is 10.9. The van der Waals surface area contributed by atoms with E-state index in [1.54, 1.807) is 25.3 Å². The number of methoxy groups -OCH3 is 2. The standard InChI is InChI=1S/C28H30N4O5S/c1-4-31-24-8-6-5-7-21(24)22-17-19(9-11-25(22)31)27-29-23-18-20(10-12-26(23)32(27)13-14-36-2)28(33)30-38(34,35)16-15-37-3/h5-12,17-18H,4,13-16H2,1-3H3,(H,30,33). The van der Waals surface area contributed by atoms with Gasteiger partial charge in [-0.05, 0) is 49.4 Å². The first-order chi connectivity index (χ1) is 18.4. The van der Waals surface area contributed by atoms with E-state index in [0.29, 0.717) is 18.7 Å². The predicted molar refractivity (Wildman–Crippen MR) is 149 cm³/mol. The molecule has 0 bridgehead atoms. The van der Waals surface area contributed by atoms with E-state index < -0.39 is 15.9 Å². The molecule has 0 spiro atoms. The molecule has 0 radical (unpaired) electrons. The number of benzene rings is 3. The molecule has 2 aromatic heterocycles. The highest BCUT2D eigenvalue weighted by Crippen LogP contribution is 2.33. The number of fused-ring (bicyclic) bond motifs is 4. The van der Waals surface area contributed by atoms with Gasteiger partial charge in [0.05, 0.1) is 30.0 Å². The van der Waals surface area contributed by atoms with E-state index >= 15 is 0 Å². The van der Waals surface area contributed by atoms with Crippen LogP contribution in [0, 0.1) is 0 Å². The van der Waals surface area contributed by atoms with E-state index in [1.807, 2.05) is 6.07 Å². The summed E-state index contributed by atoms with van der Waals surface area (Å²) < 4.78 is 41.0. The van der Waals surface area contributed by atoms with E-state index in [2.05, 4.69) is 57.2 Å². The minimum absolute atomic E-state index is 0.00379. The number of para-hydroxylation sites is 1. The molecule has 0 atom stereocenters. The summed E-state index contributed by atoms with van der Waals surface area (Å²) in [6.07, 6.45) is 0. The summed E-state index contributed by atoms with van der Waals surface area (Å²) in [6.45, 7) is 4.04. The van der Waals surface area contributed by atoms with Crippen molar-refractivity contribution < 1.29 is 22.7 Å². The summed E-state index contributed by atoms with van der Waals surface area (Å²) in [5.41, 5.74) is 4.91. The molecule has 1 N–H and O–H groups in total. The molecule has 0 aliphatic heterocycles. The third-order valence-electron chi connectivity index (χ3n) is 6.68. The molecule has 0 aliphatic rings. The maximum absolute atomic E-state index is 12.7. The van der Waals surface area contributed by atoms with E-state index in [9.17, 15) is 13.2 Å². The van der Waals surface area contributed by atoms with Crippen LogP contribution in [0.3, 0.4) is 0 Å². The number of imidazole rings is 1. The van der Waals surface area contributed by atoms with E-state index in [0.717, 1.165) is 34.4 Å². The van der Waals surface area contributed by atoms with Gasteiger partial charge in [0.15, 0.2) is 0 Å². The largest absolute Gasteiger partial charge is 0.384 e. The third-order valence-corrected chi connectivity index (χ3v) is 7.88. The summed E-state index contributed by atoms with van der Waals surface area (Å²) in [5, 5.41) is 2.33. The molecule has 1 amide bonds. The number of sulfonamides is 1. The Bertz CT molecular complexity index is 1750. The minimum Gasteiger partial charge on any atom is -0.384 e. The Morgan fingerprint density at radius 1 is 0.895 bits per heavy atom. The Labute approximate surface area is 221 Å². The zero-order valence-electron chi connectivity index (χ0n) is 21.6. The van der Waals surface area contributed by atoms with Gasteiger partial charge in [-0.25, -0.2) is 18.1 Å². The lowest BCUT2D eigenvalue weighted by Crippen LogP contribution is -2.33. The van der Waals surface area contributed by atoms with Gasteiger partial charge in [-0.1, -0.05) is 18.2 Å². The molecule has 0 aliphatic carbocycles. The topological polar surface area (TPSA) is 104 Å². The van der Waals surface area contributed by atoms with Crippen molar-refractivity contribution in [3.8, 4) is 11.4 Å². The number of nitrogens with zero attached hydrogens (tertiary/aromatic N) is 3. The Morgan fingerprint density at radius 3 is 2.39 bits per heavy atom. The van der Waals surface area contributed by atoms with Gasteiger partial charge < -0.3 is 18.6 Å². The summed E-state index contributed by atoms with van der Waals surface area (Å²) in [7, 11) is -0.755. The van der Waals surface area contributed by atoms with Crippen LogP contribution < -0.4 is 4.72 Å². The van der Waals surface area contributed by atoms with Crippen molar-refractivity contribution in [2.75, 3.05) is 33.2 Å². The molecule has 0 fully saturated rings. The number of carbonyl (C=O) groups is 1. The van der Waals surface area contributed by atoms with Gasteiger partial charge in [0.1, 0.15) is 5.82 Å². The summed E-state index contributed by atoms with van der Waals surface area (Å²) >= 11 is 0. The number of nitrogens with one attached hydrogen (secondary N) is 1. The van der Waals surface area contributed by atoms with Crippen molar-refractivity contribution in [3.63, 3.8) is 0 Å². The van der Waals surface area contributed by atoms with Gasteiger partial charge in [0, 0.05) is 60.2 Å². The van der Waals surface area contributed by atoms with Crippen molar-refractivity contribution in [3.05, 3.63) is 66.2 Å². The minimum atomic E-state index is -3.81. The number of hydrogen-bond acceptors (Lipinski definition) is 6. The average Bonchev–Trinajstić information content (AvgIpc) is 3.44. The molecule has 5 aromatic rings. The number of rotatable bonds is 10. The van der Waals surface area contributed by atoms with Gasteiger partial charge in [0.25, 0.3) is 5.91 Å². The number of amides is 1. The molecule has 0 unspecified atom stereocenters. The molecule has 198 valence electrons. The van der Waals surface area contributed by atoms with Crippen LogP contribution in [-0.2, 0) is 32.6 Å². The van der Waals surface area contributed by atoms with Crippen LogP contribution in [-0.4, -0.2) is 61.6 Å². The number of aryl methyl sites for hydroxylation is 1. The second kappa shape index (κ2) is 10.6. The SMILES string of the molecule is CCn1c2ccccc2c2cc(-c3nc4cc(C(=O)NS(=O)(=O)CCOC)ccc4n3CCOC)ccc21. The van der Waals surface area contributed by atoms with E-state index in [-0.39, 0.29) is 17.9 Å². The number of aromatic nitrogens is 3. The van der Waals surface area contributed by atoms with Crippen LogP contribution in [0.2, 0.25) is 0 Å². The number of carbonyl (C=O) groups excluding carboxylic acids is 1. The first-order valence-electron chi connectivity index (χ1n) is 12.4. The molecule has 3 aromatic carbocycles. The molecule has 10 heteroatoms. The lowest BCUT2D eigenvalue weighted by atomic mass is 10.1. The quantitative estimate of drug-likeness (QED) is 0.288. The van der Waals surface area contributed by atoms with Crippen LogP contribution in [0.4, 0.5) is 0 Å². The van der Waals surface area contributed by atoms with Crippen molar-refractivity contribution >= 4 is 48.8 Å². The second-order valence-electron chi connectivity index (χ2n) is 9.02. The number of ether oxygens (including phenoxy) is 2. The Kier molecular flexibility index (Phi) is 7.20. The summed E-state index contributed by atoms with van der Waals surface area (Å²) in [5.74, 6) is -0.258. The monoisotopic (exact) mass is 534 g/mol. The van der Waals surface area contributed by atoms with Crippen LogP contribution in [0.1, 0.15) is 17.3 Å². The number of hydrogen-bond donors (Lipinski definition) is 1. The fourth-order valence-corrected chi connectivity index (χ4v) is 5.77. The van der Waals surface area contributed by atoms with Crippen LogP contribution in [0.5, 0.6) is 0 Å². The van der Waals surface area contributed by atoms with Gasteiger partial charge in [0.2, 0.25) is 10.0 Å². The molecular weight excluding hydrogens is 504 g/mol. The molecule has 2 heterocycles. The smallest absolute Gasteiger partial charge is 0.264 e. The predicted octanol–water partition coefficient (Wildman–Crippen LogP) is 4.18. The van der Waals surface area contributed by atoms with Gasteiger partial charge >= 0.3 is 0 Å². The van der Waals surface area contributed by atoms with Crippen molar-refractivity contribution in [1.82, 2.24) is 18.8 Å². The molecule has 5 rings (SSSR count). The molecular formula is C28H30N4O5S. The maximum Gasteiger partial charge on any atom is 0.264 e. The average molecular weight is 535 g/mol.